The number of hydrogen-bond acceptors (Lipinski definition) is 2. The number of hydroxylamine groups is 1. The van der Waals surface area contributed by atoms with E-state index in [1.807, 2.05) is 6.92 Å². The molecule has 0 heterocycles. The van der Waals surface area contributed by atoms with Gasteiger partial charge in [-0.05, 0) is 25.2 Å². The molecule has 0 aliphatic heterocycles. The molecule has 1 saturated carbocycles. The van der Waals surface area contributed by atoms with Crippen LogP contribution in [0.4, 0.5) is 0 Å². The molecular weight excluding hydrogens is 166 g/mol. The number of hydrogen-bond donors (Lipinski definition) is 1. The Balaban J connectivity index is 2.46. The minimum Gasteiger partial charge on any atom is -0.274 e. The van der Waals surface area contributed by atoms with Gasteiger partial charge in [-0.1, -0.05) is 20.3 Å². The Morgan fingerprint density at radius 1 is 1.62 bits per heavy atom. The standard InChI is InChI=1S/C10H19NO2/c1-4-13-11-9(12)8-6-5-7-10(8,2)3/h8H,4-7H2,1-3H3,(H,11,12). The van der Waals surface area contributed by atoms with Crippen LogP contribution in [0.15, 0.2) is 0 Å². The van der Waals surface area contributed by atoms with Gasteiger partial charge in [-0.25, -0.2) is 5.48 Å². The molecule has 3 heteroatoms. The third-order valence-corrected chi connectivity index (χ3v) is 2.89. The van der Waals surface area contributed by atoms with Crippen LogP contribution < -0.4 is 5.48 Å². The van der Waals surface area contributed by atoms with Crippen molar-refractivity contribution in [2.45, 2.75) is 40.0 Å². The van der Waals surface area contributed by atoms with Crippen molar-refractivity contribution < 1.29 is 9.63 Å². The average molecular weight is 185 g/mol. The molecule has 0 aromatic carbocycles. The van der Waals surface area contributed by atoms with Crippen LogP contribution in [0.3, 0.4) is 0 Å². The van der Waals surface area contributed by atoms with Crippen molar-refractivity contribution in [1.82, 2.24) is 5.48 Å². The summed E-state index contributed by atoms with van der Waals surface area (Å²) in [4.78, 5) is 16.5. The van der Waals surface area contributed by atoms with Crippen molar-refractivity contribution in [2.24, 2.45) is 11.3 Å². The molecule has 1 unspecified atom stereocenters. The number of nitrogens with one attached hydrogen (secondary N) is 1. The molecule has 1 aliphatic rings. The molecule has 1 N–H and O–H groups in total. The number of amides is 1. The first-order chi connectivity index (χ1) is 6.08. The number of rotatable bonds is 3. The molecule has 76 valence electrons. The summed E-state index contributed by atoms with van der Waals surface area (Å²) in [6.07, 6.45) is 3.28. The van der Waals surface area contributed by atoms with E-state index >= 15 is 0 Å². The monoisotopic (exact) mass is 185 g/mol. The predicted octanol–water partition coefficient (Wildman–Crippen LogP) is 1.88. The molecule has 0 saturated heterocycles. The summed E-state index contributed by atoms with van der Waals surface area (Å²) < 4.78 is 0. The first kappa shape index (κ1) is 10.5. The van der Waals surface area contributed by atoms with Crippen LogP contribution in [0.1, 0.15) is 40.0 Å². The molecule has 1 aliphatic carbocycles. The van der Waals surface area contributed by atoms with Gasteiger partial charge in [0.05, 0.1) is 6.61 Å². The van der Waals surface area contributed by atoms with Gasteiger partial charge in [0, 0.05) is 5.92 Å². The van der Waals surface area contributed by atoms with E-state index in [1.165, 1.54) is 0 Å². The SMILES string of the molecule is CCONC(=O)C1CCCC1(C)C. The highest BCUT2D eigenvalue weighted by Gasteiger charge is 2.39. The summed E-state index contributed by atoms with van der Waals surface area (Å²) in [5, 5.41) is 0. The zero-order valence-electron chi connectivity index (χ0n) is 8.72. The van der Waals surface area contributed by atoms with Crippen LogP contribution in [0.5, 0.6) is 0 Å². The summed E-state index contributed by atoms with van der Waals surface area (Å²) in [5.41, 5.74) is 2.63. The van der Waals surface area contributed by atoms with E-state index < -0.39 is 0 Å². The zero-order valence-corrected chi connectivity index (χ0v) is 8.72. The molecule has 0 aromatic heterocycles. The van der Waals surface area contributed by atoms with Gasteiger partial charge in [-0.2, -0.15) is 0 Å². The van der Waals surface area contributed by atoms with E-state index in [2.05, 4.69) is 19.3 Å². The second-order valence-electron chi connectivity index (χ2n) is 4.33. The van der Waals surface area contributed by atoms with Crippen LogP contribution >= 0.6 is 0 Å². The van der Waals surface area contributed by atoms with Gasteiger partial charge in [0.2, 0.25) is 5.91 Å². The highest BCUT2D eigenvalue weighted by molar-refractivity contribution is 5.78. The summed E-state index contributed by atoms with van der Waals surface area (Å²) in [5.74, 6) is 0.170. The molecule has 1 atom stereocenters. The van der Waals surface area contributed by atoms with Crippen molar-refractivity contribution in [3.05, 3.63) is 0 Å². The molecule has 0 aromatic rings. The maximum Gasteiger partial charge on any atom is 0.247 e. The normalized spacial score (nSPS) is 25.9. The highest BCUT2D eigenvalue weighted by Crippen LogP contribution is 2.42. The Hall–Kier alpha value is -0.570. The van der Waals surface area contributed by atoms with Gasteiger partial charge < -0.3 is 0 Å². The molecule has 1 rings (SSSR count). The first-order valence-corrected chi connectivity index (χ1v) is 4.99. The summed E-state index contributed by atoms with van der Waals surface area (Å²) in [6, 6.07) is 0. The van der Waals surface area contributed by atoms with Gasteiger partial charge in [-0.3, -0.25) is 9.63 Å². The fourth-order valence-electron chi connectivity index (χ4n) is 2.03. The largest absolute Gasteiger partial charge is 0.274 e. The topological polar surface area (TPSA) is 38.3 Å². The Labute approximate surface area is 79.8 Å². The van der Waals surface area contributed by atoms with Crippen LogP contribution in [-0.4, -0.2) is 12.5 Å². The van der Waals surface area contributed by atoms with E-state index in [-0.39, 0.29) is 17.2 Å². The van der Waals surface area contributed by atoms with Crippen LogP contribution in [0.25, 0.3) is 0 Å². The smallest absolute Gasteiger partial charge is 0.247 e. The van der Waals surface area contributed by atoms with E-state index in [0.717, 1.165) is 19.3 Å². The van der Waals surface area contributed by atoms with Crippen molar-refractivity contribution in [1.29, 1.82) is 0 Å². The predicted molar refractivity (Wildman–Crippen MR) is 50.9 cm³/mol. The Bertz CT molecular complexity index is 189. The quantitative estimate of drug-likeness (QED) is 0.682. The lowest BCUT2D eigenvalue weighted by Crippen LogP contribution is -2.36. The minimum absolute atomic E-state index is 0.0457. The van der Waals surface area contributed by atoms with Gasteiger partial charge in [-0.15, -0.1) is 0 Å². The van der Waals surface area contributed by atoms with Crippen molar-refractivity contribution in [2.75, 3.05) is 6.61 Å². The molecule has 13 heavy (non-hydrogen) atoms. The van der Waals surface area contributed by atoms with E-state index in [1.54, 1.807) is 0 Å². The Morgan fingerprint density at radius 2 is 2.31 bits per heavy atom. The van der Waals surface area contributed by atoms with E-state index in [4.69, 9.17) is 4.84 Å². The highest BCUT2D eigenvalue weighted by atomic mass is 16.6. The maximum atomic E-state index is 11.6. The lowest BCUT2D eigenvalue weighted by atomic mass is 9.81. The van der Waals surface area contributed by atoms with E-state index in [0.29, 0.717) is 6.61 Å². The van der Waals surface area contributed by atoms with Crippen LogP contribution in [0, 0.1) is 11.3 Å². The molecule has 0 spiro atoms. The van der Waals surface area contributed by atoms with Crippen LogP contribution in [-0.2, 0) is 9.63 Å². The van der Waals surface area contributed by atoms with Gasteiger partial charge >= 0.3 is 0 Å². The summed E-state index contributed by atoms with van der Waals surface area (Å²) >= 11 is 0. The van der Waals surface area contributed by atoms with Crippen LogP contribution in [0.2, 0.25) is 0 Å². The van der Waals surface area contributed by atoms with Crippen molar-refractivity contribution in [3.63, 3.8) is 0 Å². The number of carbonyl (C=O) groups excluding carboxylic acids is 1. The fourth-order valence-corrected chi connectivity index (χ4v) is 2.03. The van der Waals surface area contributed by atoms with Gasteiger partial charge in [0.25, 0.3) is 0 Å². The van der Waals surface area contributed by atoms with Crippen molar-refractivity contribution in [3.8, 4) is 0 Å². The minimum atomic E-state index is 0.0457. The zero-order chi connectivity index (χ0) is 9.90. The second-order valence-corrected chi connectivity index (χ2v) is 4.33. The molecule has 1 fully saturated rings. The lowest BCUT2D eigenvalue weighted by molar-refractivity contribution is -0.140. The second kappa shape index (κ2) is 4.09. The molecule has 3 nitrogen and oxygen atoms in total. The molecule has 0 radical (unpaired) electrons. The summed E-state index contributed by atoms with van der Waals surface area (Å²) in [7, 11) is 0. The first-order valence-electron chi connectivity index (χ1n) is 4.99. The molecular formula is C10H19NO2. The lowest BCUT2D eigenvalue weighted by Gasteiger charge is -2.25. The Kier molecular flexibility index (Phi) is 3.31. The average Bonchev–Trinajstić information content (AvgIpc) is 2.41. The summed E-state index contributed by atoms with van der Waals surface area (Å²) in [6.45, 7) is 6.69. The Morgan fingerprint density at radius 3 is 2.77 bits per heavy atom. The molecule has 1 amide bonds. The maximum absolute atomic E-state index is 11.6. The fraction of sp³-hybridized carbons (Fsp3) is 0.900. The van der Waals surface area contributed by atoms with Gasteiger partial charge in [0.15, 0.2) is 0 Å². The molecule has 0 bridgehead atoms. The third-order valence-electron chi connectivity index (χ3n) is 2.89. The third kappa shape index (κ3) is 2.44. The van der Waals surface area contributed by atoms with Gasteiger partial charge in [0.1, 0.15) is 0 Å². The number of carbonyl (C=O) groups is 1. The van der Waals surface area contributed by atoms with E-state index in [9.17, 15) is 4.79 Å². The van der Waals surface area contributed by atoms with Crippen molar-refractivity contribution >= 4 is 5.91 Å².